The van der Waals surface area contributed by atoms with Gasteiger partial charge in [-0.2, -0.15) is 0 Å². The number of benzene rings is 4. The van der Waals surface area contributed by atoms with Crippen LogP contribution in [0.15, 0.2) is 91.0 Å². The van der Waals surface area contributed by atoms with Gasteiger partial charge in [-0.15, -0.1) is 0 Å². The Hall–Kier alpha value is -3.34. The molecule has 2 heterocycles. The van der Waals surface area contributed by atoms with E-state index in [0.29, 0.717) is 0 Å². The molecule has 1 N–H and O–H groups in total. The molecule has 0 amide bonds. The van der Waals surface area contributed by atoms with Crippen LogP contribution in [-0.4, -0.2) is 23.0 Å². The Bertz CT molecular complexity index is 1440. The molecule has 7 rings (SSSR count). The molecule has 172 valence electrons. The second-order valence-corrected chi connectivity index (χ2v) is 10.8. The quantitative estimate of drug-likeness (QED) is 0.265. The van der Waals surface area contributed by atoms with Gasteiger partial charge in [0.25, 0.3) is 0 Å². The fraction of sp³-hybridized carbons (Fsp3) is 0.226. The molecule has 1 saturated heterocycles. The Morgan fingerprint density at radius 1 is 0.629 bits per heavy atom. The Kier molecular flexibility index (Phi) is 4.12. The summed E-state index contributed by atoms with van der Waals surface area (Å²) in [6.07, 6.45) is 0. The molecule has 0 bridgehead atoms. The maximum Gasteiger partial charge on any atom is 0.732 e. The predicted octanol–water partition coefficient (Wildman–Crippen LogP) is 5.83. The van der Waals surface area contributed by atoms with E-state index in [-0.39, 0.29) is 18.3 Å². The van der Waals surface area contributed by atoms with E-state index in [2.05, 4.69) is 119 Å². The minimum atomic E-state index is -0.693. The number of hydrogen-bond donors (Lipinski definition) is 0. The van der Waals surface area contributed by atoms with Crippen molar-refractivity contribution in [3.05, 3.63) is 108 Å². The van der Waals surface area contributed by atoms with E-state index >= 15 is 0 Å². The first-order valence-corrected chi connectivity index (χ1v) is 12.3. The van der Waals surface area contributed by atoms with Crippen LogP contribution >= 0.6 is 0 Å². The van der Waals surface area contributed by atoms with Crippen LogP contribution in [0.4, 0.5) is 0 Å². The molecule has 4 aromatic carbocycles. The molecular formula is C31H28BO3+. The van der Waals surface area contributed by atoms with Crippen LogP contribution < -0.4 is 10.2 Å². The van der Waals surface area contributed by atoms with Crippen molar-refractivity contribution in [2.75, 3.05) is 0 Å². The molecule has 2 aliphatic heterocycles. The highest BCUT2D eigenvalue weighted by Crippen LogP contribution is 2.58. The summed E-state index contributed by atoms with van der Waals surface area (Å²) in [5, 5.41) is 0. The van der Waals surface area contributed by atoms with Gasteiger partial charge in [0.1, 0.15) is 11.4 Å². The van der Waals surface area contributed by atoms with Gasteiger partial charge in [0.2, 0.25) is 0 Å². The number of fused-ring (bicyclic) bond motifs is 9. The number of aliphatic hydroxyl groups is 1. The van der Waals surface area contributed by atoms with Crippen LogP contribution in [0.1, 0.15) is 44.4 Å². The van der Waals surface area contributed by atoms with E-state index in [1.807, 2.05) is 0 Å². The van der Waals surface area contributed by atoms with E-state index in [4.69, 9.17) is 14.0 Å². The zero-order chi connectivity index (χ0) is 24.0. The fourth-order valence-electron chi connectivity index (χ4n) is 5.88. The van der Waals surface area contributed by atoms with Gasteiger partial charge in [0.15, 0.2) is 11.2 Å². The Labute approximate surface area is 206 Å². The van der Waals surface area contributed by atoms with Crippen LogP contribution in [0, 0.1) is 0 Å². The van der Waals surface area contributed by atoms with Crippen LogP contribution in [0.5, 0.6) is 5.75 Å². The summed E-state index contributed by atoms with van der Waals surface area (Å²) in [6.45, 7) is 8.55. The van der Waals surface area contributed by atoms with Gasteiger partial charge in [-0.1, -0.05) is 78.9 Å². The minimum absolute atomic E-state index is 0.265. The Morgan fingerprint density at radius 3 is 1.83 bits per heavy atom. The normalized spacial score (nSPS) is 19.5. The second kappa shape index (κ2) is 6.87. The molecule has 0 radical (unpaired) electrons. The topological polar surface area (TPSA) is 31.3 Å². The molecule has 1 spiro atoms. The highest BCUT2D eigenvalue weighted by atomic mass is 16.7. The molecular weight excluding hydrogens is 431 g/mol. The minimum Gasteiger partial charge on any atom is -0.505 e. The van der Waals surface area contributed by atoms with Gasteiger partial charge in [-0.25, -0.2) is 0 Å². The average molecular weight is 459 g/mol. The van der Waals surface area contributed by atoms with Crippen LogP contribution in [-0.2, 0) is 10.3 Å². The summed E-state index contributed by atoms with van der Waals surface area (Å²) in [7, 11) is -0.292. The first-order valence-electron chi connectivity index (χ1n) is 12.3. The summed E-state index contributed by atoms with van der Waals surface area (Å²) in [4.78, 5) is 0. The lowest BCUT2D eigenvalue weighted by Crippen LogP contribution is -2.43. The molecule has 1 aliphatic carbocycles. The van der Waals surface area contributed by atoms with Crippen molar-refractivity contribution in [1.82, 2.24) is 0 Å². The number of hydrogen-bond acceptors (Lipinski definition) is 2. The molecule has 0 aromatic heterocycles. The number of rotatable bonds is 1. The van der Waals surface area contributed by atoms with E-state index in [1.54, 1.807) is 0 Å². The summed E-state index contributed by atoms with van der Waals surface area (Å²) >= 11 is 0. The van der Waals surface area contributed by atoms with Crippen molar-refractivity contribution >= 4 is 12.6 Å². The third-order valence-electron chi connectivity index (χ3n) is 8.37. The highest BCUT2D eigenvalue weighted by Gasteiger charge is 2.60. The molecule has 1 fully saturated rings. The van der Waals surface area contributed by atoms with Crippen molar-refractivity contribution < 1.29 is 14.0 Å². The first kappa shape index (κ1) is 21.0. The molecule has 35 heavy (non-hydrogen) atoms. The molecule has 4 heteroatoms. The average Bonchev–Trinajstić information content (AvgIpc) is 3.26. The lowest BCUT2D eigenvalue weighted by molar-refractivity contribution is -0.0705. The molecule has 0 saturated carbocycles. The van der Waals surface area contributed by atoms with Crippen LogP contribution in [0.3, 0.4) is 0 Å². The maximum absolute atomic E-state index is 7.04. The van der Waals surface area contributed by atoms with Gasteiger partial charge in [-0.05, 0) is 42.7 Å². The zero-order valence-electron chi connectivity index (χ0n) is 20.5. The lowest BCUT2D eigenvalue weighted by atomic mass is 9.72. The fourth-order valence-corrected chi connectivity index (χ4v) is 5.88. The first-order chi connectivity index (χ1) is 16.8. The smallest absolute Gasteiger partial charge is 0.505 e. The SMILES string of the molecule is CC1(C)OB(c2ccc3c(c2)-c2ccccc2OC32c3ccccc3-c3ccccc32)[OH+]C1(C)C. The maximum atomic E-state index is 7.04. The third kappa shape index (κ3) is 2.70. The molecule has 3 nitrogen and oxygen atoms in total. The highest BCUT2D eigenvalue weighted by molar-refractivity contribution is 6.61. The van der Waals surface area contributed by atoms with Crippen molar-refractivity contribution in [3.8, 4) is 28.0 Å². The van der Waals surface area contributed by atoms with E-state index in [9.17, 15) is 0 Å². The van der Waals surface area contributed by atoms with Crippen molar-refractivity contribution in [2.45, 2.75) is 44.5 Å². The van der Waals surface area contributed by atoms with Crippen LogP contribution in [0.25, 0.3) is 22.3 Å². The van der Waals surface area contributed by atoms with Gasteiger partial charge >= 0.3 is 7.12 Å². The number of para-hydroxylation sites is 1. The predicted molar refractivity (Wildman–Crippen MR) is 141 cm³/mol. The third-order valence-corrected chi connectivity index (χ3v) is 8.37. The zero-order valence-corrected chi connectivity index (χ0v) is 20.5. The monoisotopic (exact) mass is 459 g/mol. The molecule has 3 aliphatic rings. The lowest BCUT2D eigenvalue weighted by Gasteiger charge is -2.39. The molecule has 4 aromatic rings. The van der Waals surface area contributed by atoms with Gasteiger partial charge in [0, 0.05) is 36.1 Å². The van der Waals surface area contributed by atoms with E-state index < -0.39 is 5.60 Å². The van der Waals surface area contributed by atoms with E-state index in [1.165, 1.54) is 27.8 Å². The van der Waals surface area contributed by atoms with Crippen LogP contribution in [0.2, 0.25) is 0 Å². The van der Waals surface area contributed by atoms with Gasteiger partial charge < -0.3 is 14.0 Å². The summed E-state index contributed by atoms with van der Waals surface area (Å²) in [5.74, 6) is 0.897. The van der Waals surface area contributed by atoms with Crippen molar-refractivity contribution in [1.29, 1.82) is 0 Å². The molecule has 0 unspecified atom stereocenters. The Balaban J connectivity index is 1.49. The summed E-state index contributed by atoms with van der Waals surface area (Å²) in [6, 6.07) is 32.3. The van der Waals surface area contributed by atoms with Gasteiger partial charge in [0.05, 0.1) is 5.46 Å². The molecule has 0 atom stereocenters. The summed E-state index contributed by atoms with van der Waals surface area (Å²) in [5.41, 5.74) is 8.07. The largest absolute Gasteiger partial charge is 0.732 e. The van der Waals surface area contributed by atoms with Crippen molar-refractivity contribution in [2.24, 2.45) is 0 Å². The van der Waals surface area contributed by atoms with Crippen molar-refractivity contribution in [3.63, 3.8) is 0 Å². The summed E-state index contributed by atoms with van der Waals surface area (Å²) < 4.78 is 18.6. The van der Waals surface area contributed by atoms with Gasteiger partial charge in [-0.3, -0.25) is 0 Å². The standard InChI is InChI=1S/C31H27BO3/c1-29(2)30(3,4)35-32(34-29)20-17-18-27-24(19-20)23-13-7-10-16-28(23)33-31(27)25-14-8-5-11-21(25)22-12-6-9-15-26(22)31/h5-19H,1-4H3/p+1. The Morgan fingerprint density at radius 2 is 1.20 bits per heavy atom. The second-order valence-electron chi connectivity index (χ2n) is 10.8. The van der Waals surface area contributed by atoms with E-state index in [0.717, 1.165) is 22.3 Å². The number of ether oxygens (including phenoxy) is 1.